The predicted octanol–water partition coefficient (Wildman–Crippen LogP) is 1.57. The smallest absolute Gasteiger partial charge is 0.481 e. The summed E-state index contributed by atoms with van der Waals surface area (Å²) in [6, 6.07) is 3.31. The first kappa shape index (κ1) is 16.8. The molecule has 0 aliphatic carbocycles. The fourth-order valence-electron chi connectivity index (χ4n) is 2.05. The Kier molecular flexibility index (Phi) is 4.49. The van der Waals surface area contributed by atoms with Crippen molar-refractivity contribution in [3.05, 3.63) is 17.8 Å². The summed E-state index contributed by atoms with van der Waals surface area (Å²) in [6.07, 6.45) is 0. The molecule has 0 amide bonds. The summed E-state index contributed by atoms with van der Waals surface area (Å²) < 4.78 is 22.1. The summed E-state index contributed by atoms with van der Waals surface area (Å²) in [6.45, 7) is 9.90. The van der Waals surface area contributed by atoms with Crippen LogP contribution in [0, 0.1) is 0 Å². The van der Waals surface area contributed by atoms with Crippen LogP contribution in [0.4, 0.5) is 0 Å². The zero-order chi connectivity index (χ0) is 16.5. The Bertz CT molecular complexity index is 557. The Morgan fingerprint density at radius 2 is 1.82 bits per heavy atom. The number of methoxy groups -OCH3 is 1. The molecule has 1 saturated heterocycles. The lowest BCUT2D eigenvalue weighted by Gasteiger charge is -2.32. The van der Waals surface area contributed by atoms with Crippen molar-refractivity contribution in [2.24, 2.45) is 0 Å². The van der Waals surface area contributed by atoms with Crippen LogP contribution in [0.15, 0.2) is 12.1 Å². The maximum Gasteiger partial charge on any atom is 0.495 e. The fraction of sp³-hybridized carbons (Fsp3) is 0.600. The van der Waals surface area contributed by atoms with E-state index in [1.165, 1.54) is 7.11 Å². The Morgan fingerprint density at radius 1 is 1.23 bits per heavy atom. The van der Waals surface area contributed by atoms with Crippen LogP contribution in [-0.4, -0.2) is 43.0 Å². The highest BCUT2D eigenvalue weighted by atomic mass is 16.7. The molecule has 0 radical (unpaired) electrons. The maximum absolute atomic E-state index is 11.9. The molecule has 0 saturated carbocycles. The molecule has 1 aliphatic heterocycles. The molecule has 1 aromatic heterocycles. The van der Waals surface area contributed by atoms with Crippen molar-refractivity contribution in [3.8, 4) is 5.88 Å². The minimum atomic E-state index is -0.588. The number of esters is 1. The van der Waals surface area contributed by atoms with E-state index in [-0.39, 0.29) is 12.3 Å². The van der Waals surface area contributed by atoms with E-state index < -0.39 is 24.3 Å². The number of aromatic nitrogens is 1. The SMILES string of the molecule is CCOC(=O)c1cc(B2OC(C)(C)C(C)(C)O2)cc(OC)n1. The summed E-state index contributed by atoms with van der Waals surface area (Å²) in [5.41, 5.74) is -0.0734. The van der Waals surface area contributed by atoms with E-state index in [0.717, 1.165) is 0 Å². The molecule has 0 atom stereocenters. The lowest BCUT2D eigenvalue weighted by Crippen LogP contribution is -2.41. The average molecular weight is 307 g/mol. The third-order valence-electron chi connectivity index (χ3n) is 4.04. The van der Waals surface area contributed by atoms with Gasteiger partial charge in [0.25, 0.3) is 0 Å². The Balaban J connectivity index is 2.36. The lowest BCUT2D eigenvalue weighted by molar-refractivity contribution is 0.00578. The van der Waals surface area contributed by atoms with Gasteiger partial charge < -0.3 is 18.8 Å². The quantitative estimate of drug-likeness (QED) is 0.621. The zero-order valence-electron chi connectivity index (χ0n) is 13.9. The predicted molar refractivity (Wildman–Crippen MR) is 82.5 cm³/mol. The van der Waals surface area contributed by atoms with Crippen molar-refractivity contribution in [1.82, 2.24) is 4.98 Å². The molecule has 120 valence electrons. The minimum absolute atomic E-state index is 0.172. The van der Waals surface area contributed by atoms with Crippen LogP contribution in [0.3, 0.4) is 0 Å². The van der Waals surface area contributed by atoms with Crippen LogP contribution in [0.2, 0.25) is 0 Å². The van der Waals surface area contributed by atoms with Crippen LogP contribution >= 0.6 is 0 Å². The van der Waals surface area contributed by atoms with Gasteiger partial charge in [-0.3, -0.25) is 0 Å². The molecule has 0 unspecified atom stereocenters. The van der Waals surface area contributed by atoms with E-state index in [0.29, 0.717) is 11.3 Å². The monoisotopic (exact) mass is 307 g/mol. The first-order valence-corrected chi connectivity index (χ1v) is 7.29. The Hall–Kier alpha value is -1.60. The molecule has 6 nitrogen and oxygen atoms in total. The first-order chi connectivity index (χ1) is 10.2. The highest BCUT2D eigenvalue weighted by molar-refractivity contribution is 6.62. The van der Waals surface area contributed by atoms with Gasteiger partial charge in [0.15, 0.2) is 5.69 Å². The number of hydrogen-bond acceptors (Lipinski definition) is 6. The van der Waals surface area contributed by atoms with Gasteiger partial charge in [-0.1, -0.05) is 0 Å². The topological polar surface area (TPSA) is 66.9 Å². The molecule has 0 bridgehead atoms. The van der Waals surface area contributed by atoms with Gasteiger partial charge in [0, 0.05) is 6.07 Å². The van der Waals surface area contributed by atoms with Crippen LogP contribution < -0.4 is 10.2 Å². The fourth-order valence-corrected chi connectivity index (χ4v) is 2.05. The van der Waals surface area contributed by atoms with Gasteiger partial charge in [0.2, 0.25) is 5.88 Å². The van der Waals surface area contributed by atoms with E-state index in [4.69, 9.17) is 18.8 Å². The van der Waals surface area contributed by atoms with Gasteiger partial charge in [0.1, 0.15) is 0 Å². The number of ether oxygens (including phenoxy) is 2. The number of carbonyl (C=O) groups is 1. The molecule has 2 rings (SSSR count). The van der Waals surface area contributed by atoms with Gasteiger partial charge >= 0.3 is 13.1 Å². The molecule has 0 spiro atoms. The summed E-state index contributed by atoms with van der Waals surface area (Å²) in [5, 5.41) is 0. The lowest BCUT2D eigenvalue weighted by atomic mass is 9.79. The van der Waals surface area contributed by atoms with E-state index in [1.807, 2.05) is 27.7 Å². The highest BCUT2D eigenvalue weighted by Crippen LogP contribution is 2.36. The molecule has 2 heterocycles. The summed E-state index contributed by atoms with van der Waals surface area (Å²) in [4.78, 5) is 16.0. The van der Waals surface area contributed by atoms with Crippen molar-refractivity contribution < 1.29 is 23.6 Å². The van der Waals surface area contributed by atoms with E-state index in [2.05, 4.69) is 4.98 Å². The molecular formula is C15H22BNO5. The molecule has 7 heteroatoms. The third-order valence-corrected chi connectivity index (χ3v) is 4.04. The van der Waals surface area contributed by atoms with Gasteiger partial charge in [-0.05, 0) is 46.1 Å². The van der Waals surface area contributed by atoms with Crippen LogP contribution in [0.1, 0.15) is 45.1 Å². The average Bonchev–Trinajstić information content (AvgIpc) is 2.67. The molecule has 0 N–H and O–H groups in total. The van der Waals surface area contributed by atoms with Crippen molar-refractivity contribution in [1.29, 1.82) is 0 Å². The number of rotatable bonds is 4. The summed E-state index contributed by atoms with van der Waals surface area (Å²) in [7, 11) is 0.903. The van der Waals surface area contributed by atoms with Gasteiger partial charge in [-0.2, -0.15) is 0 Å². The number of pyridine rings is 1. The van der Waals surface area contributed by atoms with E-state index in [9.17, 15) is 4.79 Å². The van der Waals surface area contributed by atoms with E-state index >= 15 is 0 Å². The highest BCUT2D eigenvalue weighted by Gasteiger charge is 2.52. The number of hydrogen-bond donors (Lipinski definition) is 0. The van der Waals surface area contributed by atoms with Crippen LogP contribution in [0.25, 0.3) is 0 Å². The van der Waals surface area contributed by atoms with Crippen LogP contribution in [-0.2, 0) is 14.0 Å². The van der Waals surface area contributed by atoms with Gasteiger partial charge in [-0.25, -0.2) is 9.78 Å². The standard InChI is InChI=1S/C15H22BNO5/c1-7-20-13(18)11-8-10(9-12(17-11)19-6)16-21-14(2,3)15(4,5)22-16/h8-9H,7H2,1-6H3. The second kappa shape index (κ2) is 5.89. The molecule has 22 heavy (non-hydrogen) atoms. The largest absolute Gasteiger partial charge is 0.495 e. The maximum atomic E-state index is 11.9. The van der Waals surface area contributed by atoms with E-state index in [1.54, 1.807) is 19.1 Å². The van der Waals surface area contributed by atoms with Gasteiger partial charge in [0.05, 0.1) is 24.9 Å². The molecule has 1 aliphatic rings. The van der Waals surface area contributed by atoms with Crippen molar-refractivity contribution in [2.45, 2.75) is 45.8 Å². The Morgan fingerprint density at radius 3 is 2.32 bits per heavy atom. The second-order valence-corrected chi connectivity index (χ2v) is 6.14. The third kappa shape index (κ3) is 3.10. The summed E-state index contributed by atoms with van der Waals surface area (Å²) >= 11 is 0. The summed E-state index contributed by atoms with van der Waals surface area (Å²) in [5.74, 6) is -0.186. The normalized spacial score (nSPS) is 19.1. The number of carbonyl (C=O) groups excluding carboxylic acids is 1. The minimum Gasteiger partial charge on any atom is -0.481 e. The van der Waals surface area contributed by atoms with Crippen molar-refractivity contribution in [2.75, 3.05) is 13.7 Å². The first-order valence-electron chi connectivity index (χ1n) is 7.29. The van der Waals surface area contributed by atoms with Crippen molar-refractivity contribution in [3.63, 3.8) is 0 Å². The number of nitrogens with zero attached hydrogens (tertiary/aromatic N) is 1. The molecule has 0 aromatic carbocycles. The van der Waals surface area contributed by atoms with Crippen LogP contribution in [0.5, 0.6) is 5.88 Å². The molecular weight excluding hydrogens is 285 g/mol. The van der Waals surface area contributed by atoms with Crippen molar-refractivity contribution >= 4 is 18.6 Å². The molecule has 1 fully saturated rings. The Labute approximate surface area is 131 Å². The second-order valence-electron chi connectivity index (χ2n) is 6.14. The zero-order valence-corrected chi connectivity index (χ0v) is 13.9. The molecule has 1 aromatic rings. The van der Waals surface area contributed by atoms with Gasteiger partial charge in [-0.15, -0.1) is 0 Å².